The molecule has 0 aromatic rings. The smallest absolute Gasteiger partial charge is 0.0791 e. The molecule has 0 bridgehead atoms. The topological polar surface area (TPSA) is 38.7 Å². The van der Waals surface area contributed by atoms with Crippen molar-refractivity contribution < 1.29 is 5.11 Å². The molecular formula is C12H29N3O. The van der Waals surface area contributed by atoms with E-state index in [9.17, 15) is 5.11 Å². The number of hydrogen-bond donors (Lipinski definition) is 2. The molecule has 4 heteroatoms. The first-order valence-corrected chi connectivity index (χ1v) is 6.36. The second-order valence-electron chi connectivity index (χ2n) is 4.50. The number of likely N-dealkylation sites (N-methyl/N-ethyl adjacent to an activating group) is 1. The van der Waals surface area contributed by atoms with Gasteiger partial charge in [-0.25, -0.2) is 0 Å². The van der Waals surface area contributed by atoms with Crippen LogP contribution in [0.15, 0.2) is 0 Å². The van der Waals surface area contributed by atoms with Gasteiger partial charge in [-0.05, 0) is 46.7 Å². The molecule has 4 nitrogen and oxygen atoms in total. The minimum atomic E-state index is -0.251. The molecule has 0 aliphatic heterocycles. The maximum Gasteiger partial charge on any atom is 0.0791 e. The lowest BCUT2D eigenvalue weighted by Gasteiger charge is -2.22. The Labute approximate surface area is 101 Å². The lowest BCUT2D eigenvalue weighted by Crippen LogP contribution is -2.38. The van der Waals surface area contributed by atoms with Crippen LogP contribution in [-0.2, 0) is 0 Å². The van der Waals surface area contributed by atoms with Crippen LogP contribution in [0.25, 0.3) is 0 Å². The lowest BCUT2D eigenvalue weighted by atomic mass is 10.3. The summed E-state index contributed by atoms with van der Waals surface area (Å²) in [7, 11) is 4.16. The summed E-state index contributed by atoms with van der Waals surface area (Å²) in [5.41, 5.74) is 0. The standard InChI is InChI=1S/C12H29N3O/c1-5-15(6-2)11-12(16)10-13-8-7-9-14(3)4/h12-13,16H,5-11H2,1-4H3. The first-order chi connectivity index (χ1) is 7.60. The zero-order chi connectivity index (χ0) is 12.4. The highest BCUT2D eigenvalue weighted by atomic mass is 16.3. The van der Waals surface area contributed by atoms with E-state index in [4.69, 9.17) is 0 Å². The molecule has 0 aromatic heterocycles. The van der Waals surface area contributed by atoms with Gasteiger partial charge in [0.05, 0.1) is 6.10 Å². The SMILES string of the molecule is CCN(CC)CC(O)CNCCCN(C)C. The Morgan fingerprint density at radius 1 is 1.19 bits per heavy atom. The van der Waals surface area contributed by atoms with E-state index < -0.39 is 0 Å². The van der Waals surface area contributed by atoms with Gasteiger partial charge in [0.1, 0.15) is 0 Å². The number of aliphatic hydroxyl groups is 1. The molecular weight excluding hydrogens is 202 g/mol. The normalized spacial score (nSPS) is 13.7. The average molecular weight is 231 g/mol. The lowest BCUT2D eigenvalue weighted by molar-refractivity contribution is 0.117. The molecule has 0 rings (SSSR count). The minimum absolute atomic E-state index is 0.251. The highest BCUT2D eigenvalue weighted by Gasteiger charge is 2.07. The third kappa shape index (κ3) is 9.09. The predicted octanol–water partition coefficient (Wildman–Crippen LogP) is 0.230. The number of aliphatic hydroxyl groups excluding tert-OH is 1. The largest absolute Gasteiger partial charge is 0.390 e. The molecule has 0 aromatic carbocycles. The molecule has 98 valence electrons. The first kappa shape index (κ1) is 15.8. The van der Waals surface area contributed by atoms with Crippen LogP contribution in [0.4, 0.5) is 0 Å². The van der Waals surface area contributed by atoms with Crippen LogP contribution in [-0.4, -0.2) is 74.4 Å². The molecule has 2 N–H and O–H groups in total. The molecule has 0 aliphatic rings. The fourth-order valence-corrected chi connectivity index (χ4v) is 1.63. The Bertz CT molecular complexity index is 149. The summed E-state index contributed by atoms with van der Waals surface area (Å²) < 4.78 is 0. The van der Waals surface area contributed by atoms with Crippen molar-refractivity contribution >= 4 is 0 Å². The van der Waals surface area contributed by atoms with Crippen molar-refractivity contribution in [2.75, 3.05) is 53.4 Å². The average Bonchev–Trinajstić information content (AvgIpc) is 2.25. The predicted molar refractivity (Wildman–Crippen MR) is 69.8 cm³/mol. The van der Waals surface area contributed by atoms with E-state index in [1.165, 1.54) is 0 Å². The van der Waals surface area contributed by atoms with Gasteiger partial charge in [-0.3, -0.25) is 0 Å². The fraction of sp³-hybridized carbons (Fsp3) is 1.00. The molecule has 0 saturated heterocycles. The van der Waals surface area contributed by atoms with Gasteiger partial charge in [0.2, 0.25) is 0 Å². The van der Waals surface area contributed by atoms with Crippen molar-refractivity contribution in [1.29, 1.82) is 0 Å². The van der Waals surface area contributed by atoms with Crippen LogP contribution < -0.4 is 5.32 Å². The van der Waals surface area contributed by atoms with Crippen LogP contribution in [0.3, 0.4) is 0 Å². The highest BCUT2D eigenvalue weighted by Crippen LogP contribution is 1.91. The summed E-state index contributed by atoms with van der Waals surface area (Å²) in [6.45, 7) is 9.81. The first-order valence-electron chi connectivity index (χ1n) is 6.36. The second-order valence-corrected chi connectivity index (χ2v) is 4.50. The van der Waals surface area contributed by atoms with Gasteiger partial charge in [0, 0.05) is 13.1 Å². The van der Waals surface area contributed by atoms with E-state index in [0.717, 1.165) is 39.1 Å². The van der Waals surface area contributed by atoms with Gasteiger partial charge in [0.25, 0.3) is 0 Å². The zero-order valence-corrected chi connectivity index (χ0v) is 11.4. The minimum Gasteiger partial charge on any atom is -0.390 e. The van der Waals surface area contributed by atoms with E-state index >= 15 is 0 Å². The van der Waals surface area contributed by atoms with Crippen molar-refractivity contribution in [3.05, 3.63) is 0 Å². The van der Waals surface area contributed by atoms with E-state index in [-0.39, 0.29) is 6.10 Å². The summed E-state index contributed by atoms with van der Waals surface area (Å²) >= 11 is 0. The molecule has 0 spiro atoms. The monoisotopic (exact) mass is 231 g/mol. The number of nitrogens with one attached hydrogen (secondary N) is 1. The van der Waals surface area contributed by atoms with Gasteiger partial charge in [-0.2, -0.15) is 0 Å². The van der Waals surface area contributed by atoms with Crippen molar-refractivity contribution in [3.8, 4) is 0 Å². The van der Waals surface area contributed by atoms with E-state index in [1.54, 1.807) is 0 Å². The number of nitrogens with zero attached hydrogens (tertiary/aromatic N) is 2. The summed E-state index contributed by atoms with van der Waals surface area (Å²) in [5.74, 6) is 0. The number of rotatable bonds is 10. The summed E-state index contributed by atoms with van der Waals surface area (Å²) in [6.07, 6.45) is 0.879. The third-order valence-corrected chi connectivity index (χ3v) is 2.70. The molecule has 16 heavy (non-hydrogen) atoms. The molecule has 0 saturated carbocycles. The highest BCUT2D eigenvalue weighted by molar-refractivity contribution is 4.65. The molecule has 0 fully saturated rings. The van der Waals surface area contributed by atoms with E-state index in [0.29, 0.717) is 6.54 Å². The summed E-state index contributed by atoms with van der Waals surface area (Å²) in [4.78, 5) is 4.42. The maximum absolute atomic E-state index is 9.78. The molecule has 0 radical (unpaired) electrons. The Morgan fingerprint density at radius 2 is 1.81 bits per heavy atom. The van der Waals surface area contributed by atoms with Crippen LogP contribution in [0.2, 0.25) is 0 Å². The Morgan fingerprint density at radius 3 is 2.31 bits per heavy atom. The molecule has 0 aliphatic carbocycles. The molecule has 0 heterocycles. The van der Waals surface area contributed by atoms with Crippen molar-refractivity contribution in [3.63, 3.8) is 0 Å². The van der Waals surface area contributed by atoms with Crippen molar-refractivity contribution in [2.24, 2.45) is 0 Å². The van der Waals surface area contributed by atoms with Crippen LogP contribution in [0, 0.1) is 0 Å². The zero-order valence-electron chi connectivity index (χ0n) is 11.4. The third-order valence-electron chi connectivity index (χ3n) is 2.70. The van der Waals surface area contributed by atoms with Crippen molar-refractivity contribution in [2.45, 2.75) is 26.4 Å². The summed E-state index contributed by atoms with van der Waals surface area (Å²) in [5, 5.41) is 13.1. The van der Waals surface area contributed by atoms with Gasteiger partial charge in [-0.15, -0.1) is 0 Å². The Kier molecular flexibility index (Phi) is 9.92. The van der Waals surface area contributed by atoms with Crippen LogP contribution in [0.1, 0.15) is 20.3 Å². The Hall–Kier alpha value is -0.160. The molecule has 1 atom stereocenters. The Balaban J connectivity index is 3.39. The number of hydrogen-bond acceptors (Lipinski definition) is 4. The summed E-state index contributed by atoms with van der Waals surface area (Å²) in [6, 6.07) is 0. The maximum atomic E-state index is 9.78. The fourth-order valence-electron chi connectivity index (χ4n) is 1.63. The molecule has 1 unspecified atom stereocenters. The van der Waals surface area contributed by atoms with Gasteiger partial charge < -0.3 is 20.2 Å². The van der Waals surface area contributed by atoms with E-state index in [2.05, 4.69) is 43.1 Å². The van der Waals surface area contributed by atoms with Gasteiger partial charge in [-0.1, -0.05) is 13.8 Å². The van der Waals surface area contributed by atoms with E-state index in [1.807, 2.05) is 0 Å². The molecule has 0 amide bonds. The second kappa shape index (κ2) is 10.0. The van der Waals surface area contributed by atoms with Crippen molar-refractivity contribution in [1.82, 2.24) is 15.1 Å². The van der Waals surface area contributed by atoms with Gasteiger partial charge in [0.15, 0.2) is 0 Å². The van der Waals surface area contributed by atoms with Gasteiger partial charge >= 0.3 is 0 Å². The van der Waals surface area contributed by atoms with Crippen LogP contribution >= 0.6 is 0 Å². The van der Waals surface area contributed by atoms with Crippen LogP contribution in [0.5, 0.6) is 0 Å². The quantitative estimate of drug-likeness (QED) is 0.528.